The van der Waals surface area contributed by atoms with Crippen molar-refractivity contribution in [2.75, 3.05) is 13.7 Å². The van der Waals surface area contributed by atoms with Gasteiger partial charge in [-0.05, 0) is 25.8 Å². The fraction of sp³-hybridized carbons (Fsp3) is 0.688. The van der Waals surface area contributed by atoms with Gasteiger partial charge in [-0.2, -0.15) is 5.10 Å². The highest BCUT2D eigenvalue weighted by Crippen LogP contribution is 2.06. The Morgan fingerprint density at radius 2 is 1.74 bits per heavy atom. The van der Waals surface area contributed by atoms with Gasteiger partial charge in [0, 0.05) is 7.11 Å². The summed E-state index contributed by atoms with van der Waals surface area (Å²) >= 11 is 0. The minimum atomic E-state index is 0.573. The van der Waals surface area contributed by atoms with Crippen LogP contribution in [0.25, 0.3) is 0 Å². The molecule has 0 aliphatic heterocycles. The van der Waals surface area contributed by atoms with Crippen molar-refractivity contribution >= 4 is 5.71 Å². The summed E-state index contributed by atoms with van der Waals surface area (Å²) in [7, 11) is 1.67. The average molecular weight is 270 g/mol. The molecule has 114 valence electrons. The Hall–Kier alpha value is -1.09. The van der Waals surface area contributed by atoms with E-state index in [1.54, 1.807) is 7.11 Å². The van der Waals surface area contributed by atoms with E-state index in [9.17, 15) is 0 Å². The molecule has 3 nitrogen and oxygen atoms in total. The molecule has 0 atom stereocenters. The van der Waals surface area contributed by atoms with Gasteiger partial charge in [0.05, 0.1) is 18.0 Å². The molecule has 0 unspecified atom stereocenters. The van der Waals surface area contributed by atoms with Crippen molar-refractivity contribution in [3.63, 3.8) is 0 Å². The number of allylic oxidation sites excluding steroid dienone is 3. The van der Waals surface area contributed by atoms with Crippen LogP contribution in [0.15, 0.2) is 29.0 Å². The van der Waals surface area contributed by atoms with Crippen LogP contribution in [0.1, 0.15) is 61.3 Å². The van der Waals surface area contributed by atoms with Gasteiger partial charge in [0.15, 0.2) is 0 Å². The maximum absolute atomic E-state index is 4.94. The first-order chi connectivity index (χ1) is 9.33. The van der Waals surface area contributed by atoms with Gasteiger partial charge >= 0.3 is 0 Å². The monoisotopic (exact) mass is 270 g/mol. The Labute approximate surface area is 120 Å². The Morgan fingerprint density at radius 3 is 2.16 bits per heavy atom. The molecule has 0 fully saturated rings. The van der Waals surface area contributed by atoms with Crippen molar-refractivity contribution in [3.8, 4) is 0 Å². The van der Waals surface area contributed by atoms with E-state index >= 15 is 0 Å². The highest BCUT2D eigenvalue weighted by molar-refractivity contribution is 5.82. The number of ether oxygens (including phenoxy) is 1. The second-order valence-electron chi connectivity index (χ2n) is 3.03. The van der Waals surface area contributed by atoms with Gasteiger partial charge in [-0.15, -0.1) is 0 Å². The Kier molecular flexibility index (Phi) is 26.8. The number of hydrogen-bond donors (Lipinski definition) is 1. The molecule has 0 saturated carbocycles. The number of rotatable bonds is 4. The van der Waals surface area contributed by atoms with Gasteiger partial charge in [0.1, 0.15) is 0 Å². The molecule has 0 aromatic rings. The normalized spacial score (nSPS) is 12.6. The topological polar surface area (TPSA) is 33.6 Å². The zero-order chi connectivity index (χ0) is 15.5. The first kappa shape index (κ1) is 23.0. The predicted octanol–water partition coefficient (Wildman–Crippen LogP) is 4.91. The maximum Gasteiger partial charge on any atom is 0.0859 e. The van der Waals surface area contributed by atoms with Crippen molar-refractivity contribution in [3.05, 3.63) is 23.9 Å². The van der Waals surface area contributed by atoms with Crippen molar-refractivity contribution < 1.29 is 4.74 Å². The second kappa shape index (κ2) is 22.1. The molecule has 3 heteroatoms. The highest BCUT2D eigenvalue weighted by atomic mass is 16.5. The highest BCUT2D eigenvalue weighted by Gasteiger charge is 1.95. The first-order valence-corrected chi connectivity index (χ1v) is 7.47. The van der Waals surface area contributed by atoms with Crippen LogP contribution in [-0.2, 0) is 4.74 Å². The summed E-state index contributed by atoms with van der Waals surface area (Å²) in [5, 5.41) is 4.16. The van der Waals surface area contributed by atoms with Crippen LogP contribution in [0.2, 0.25) is 0 Å². The minimum absolute atomic E-state index is 0.573. The molecule has 19 heavy (non-hydrogen) atoms. The number of methoxy groups -OCH3 is 1. The molecule has 0 saturated heterocycles. The van der Waals surface area contributed by atoms with Crippen molar-refractivity contribution in [2.45, 2.75) is 61.3 Å². The Balaban J connectivity index is -0.000000375. The average Bonchev–Trinajstić information content (AvgIpc) is 2.53. The molecule has 0 amide bonds. The van der Waals surface area contributed by atoms with Crippen molar-refractivity contribution in [1.82, 2.24) is 5.43 Å². The van der Waals surface area contributed by atoms with Gasteiger partial charge in [-0.25, -0.2) is 0 Å². The van der Waals surface area contributed by atoms with Crippen LogP contribution in [0.5, 0.6) is 0 Å². The third kappa shape index (κ3) is 16.9. The summed E-state index contributed by atoms with van der Waals surface area (Å²) in [6, 6.07) is 0. The number of hydrogen-bond acceptors (Lipinski definition) is 3. The first-order valence-electron chi connectivity index (χ1n) is 7.47. The number of nitrogens with zero attached hydrogens (tertiary/aromatic N) is 1. The van der Waals surface area contributed by atoms with Gasteiger partial charge in [0.25, 0.3) is 0 Å². The summed E-state index contributed by atoms with van der Waals surface area (Å²) in [5.74, 6) is 0. The van der Waals surface area contributed by atoms with Gasteiger partial charge in [-0.3, -0.25) is 5.43 Å². The van der Waals surface area contributed by atoms with Crippen LogP contribution in [0, 0.1) is 0 Å². The lowest BCUT2D eigenvalue weighted by Gasteiger charge is -2.06. The van der Waals surface area contributed by atoms with Crippen LogP contribution in [-0.4, -0.2) is 19.4 Å². The predicted molar refractivity (Wildman–Crippen MR) is 88.6 cm³/mol. The van der Waals surface area contributed by atoms with Crippen LogP contribution in [0.4, 0.5) is 0 Å². The smallest absolute Gasteiger partial charge is 0.0859 e. The Morgan fingerprint density at radius 1 is 1.16 bits per heavy atom. The molecule has 0 aromatic carbocycles. The second-order valence-corrected chi connectivity index (χ2v) is 3.03. The van der Waals surface area contributed by atoms with Gasteiger partial charge in [0.2, 0.25) is 0 Å². The lowest BCUT2D eigenvalue weighted by atomic mass is 10.2. The molecular formula is C16H34N2O. The van der Waals surface area contributed by atoms with Crippen molar-refractivity contribution in [1.29, 1.82) is 0 Å². The standard InChI is InChI=1S/C10H16N2O.3C2H6/c1-9(8-13-2)11-12-10-6-4-3-5-7-10;3*1-2/h4,6-7,12H,3,5,8H2,1-2H3;3*1-2H3/b11-9+;;;. The van der Waals surface area contributed by atoms with E-state index < -0.39 is 0 Å². The number of hydrazone groups is 1. The molecule has 1 rings (SSSR count). The molecule has 0 aromatic heterocycles. The van der Waals surface area contributed by atoms with Crippen LogP contribution < -0.4 is 5.43 Å². The summed E-state index contributed by atoms with van der Waals surface area (Å²) in [4.78, 5) is 0. The largest absolute Gasteiger partial charge is 0.379 e. The summed E-state index contributed by atoms with van der Waals surface area (Å²) in [6.07, 6.45) is 8.56. The third-order valence-corrected chi connectivity index (χ3v) is 1.72. The maximum atomic E-state index is 4.94. The quantitative estimate of drug-likeness (QED) is 0.581. The van der Waals surface area contributed by atoms with Crippen LogP contribution >= 0.6 is 0 Å². The fourth-order valence-corrected chi connectivity index (χ4v) is 1.10. The van der Waals surface area contributed by atoms with E-state index in [2.05, 4.69) is 22.7 Å². The molecule has 0 spiro atoms. The number of nitrogens with one attached hydrogen (secondary N) is 1. The van der Waals surface area contributed by atoms with E-state index in [4.69, 9.17) is 4.74 Å². The third-order valence-electron chi connectivity index (χ3n) is 1.72. The van der Waals surface area contributed by atoms with Crippen molar-refractivity contribution in [2.24, 2.45) is 5.10 Å². The van der Waals surface area contributed by atoms with E-state index in [1.807, 2.05) is 54.5 Å². The molecule has 1 aliphatic carbocycles. The molecular weight excluding hydrogens is 236 g/mol. The molecule has 0 bridgehead atoms. The zero-order valence-electron chi connectivity index (χ0n) is 14.2. The van der Waals surface area contributed by atoms with Crippen LogP contribution in [0.3, 0.4) is 0 Å². The van der Waals surface area contributed by atoms with Gasteiger partial charge in [-0.1, -0.05) is 53.7 Å². The molecule has 1 N–H and O–H groups in total. The fourth-order valence-electron chi connectivity index (χ4n) is 1.10. The lowest BCUT2D eigenvalue weighted by Crippen LogP contribution is -2.11. The summed E-state index contributed by atoms with van der Waals surface area (Å²) in [5.41, 5.74) is 5.01. The summed E-state index contributed by atoms with van der Waals surface area (Å²) < 4.78 is 4.94. The molecule has 0 heterocycles. The Bertz CT molecular complexity index is 243. The van der Waals surface area contributed by atoms with E-state index in [0.717, 1.165) is 24.3 Å². The minimum Gasteiger partial charge on any atom is -0.379 e. The SMILES string of the molecule is CC.CC.CC.COC/C(C)=N/NC1=CCCC=C1. The van der Waals surface area contributed by atoms with E-state index in [1.165, 1.54) is 0 Å². The summed E-state index contributed by atoms with van der Waals surface area (Å²) in [6.45, 7) is 14.5. The lowest BCUT2D eigenvalue weighted by molar-refractivity contribution is 0.244. The molecule has 1 aliphatic rings. The van der Waals surface area contributed by atoms with Gasteiger partial charge < -0.3 is 4.74 Å². The molecule has 0 radical (unpaired) electrons. The van der Waals surface area contributed by atoms with E-state index in [0.29, 0.717) is 6.61 Å². The van der Waals surface area contributed by atoms with E-state index in [-0.39, 0.29) is 0 Å². The zero-order valence-corrected chi connectivity index (χ0v) is 14.2.